The number of hydrogen-bond donors (Lipinski definition) is 0. The molecule has 0 aromatic heterocycles. The van der Waals surface area contributed by atoms with E-state index >= 15 is 0 Å². The van der Waals surface area contributed by atoms with E-state index < -0.39 is 0 Å². The molecule has 141 valence electrons. The SMILES string of the molecule is [CH]=CC=CC=CC=CC=CC=CC=CC=CC=CC=CC=CC=CC=CC=C. The highest BCUT2D eigenvalue weighted by molar-refractivity contribution is 5.23. The summed E-state index contributed by atoms with van der Waals surface area (Å²) in [6, 6.07) is 0. The molecule has 0 heterocycles. The second-order valence-electron chi connectivity index (χ2n) is 5.05. The zero-order valence-corrected chi connectivity index (χ0v) is 16.3. The fourth-order valence-corrected chi connectivity index (χ4v) is 1.55. The Hall–Kier alpha value is -3.64. The molecule has 0 aliphatic heterocycles. The van der Waals surface area contributed by atoms with Gasteiger partial charge in [-0.1, -0.05) is 171 Å². The Kier molecular flexibility index (Phi) is 20.3. The van der Waals surface area contributed by atoms with Gasteiger partial charge in [-0.25, -0.2) is 0 Å². The molecule has 0 atom stereocenters. The molecule has 0 amide bonds. The van der Waals surface area contributed by atoms with Crippen molar-refractivity contribution in [2.75, 3.05) is 0 Å². The Morgan fingerprint density at radius 1 is 0.286 bits per heavy atom. The van der Waals surface area contributed by atoms with Gasteiger partial charge in [0.25, 0.3) is 0 Å². The van der Waals surface area contributed by atoms with Crippen LogP contribution in [0.15, 0.2) is 165 Å². The molecule has 0 aromatic rings. The van der Waals surface area contributed by atoms with Gasteiger partial charge in [-0.3, -0.25) is 0 Å². The minimum absolute atomic E-state index is 1.50. The summed E-state index contributed by atoms with van der Waals surface area (Å²) in [6.45, 7) is 8.83. The Balaban J connectivity index is 3.95. The average Bonchev–Trinajstić information content (AvgIpc) is 2.71. The molecule has 1 radical (unpaired) electrons. The third-order valence-electron chi connectivity index (χ3n) is 2.80. The third-order valence-corrected chi connectivity index (χ3v) is 2.80. The molecular weight excluding hydrogens is 336 g/mol. The topological polar surface area (TPSA) is 0 Å². The molecule has 0 aromatic carbocycles. The van der Waals surface area contributed by atoms with Crippen LogP contribution in [0.5, 0.6) is 0 Å². The maximum atomic E-state index is 5.22. The van der Waals surface area contributed by atoms with E-state index in [-0.39, 0.29) is 0 Å². The maximum absolute atomic E-state index is 5.22. The van der Waals surface area contributed by atoms with Crippen molar-refractivity contribution < 1.29 is 0 Å². The molecule has 0 saturated heterocycles. The lowest BCUT2D eigenvalue weighted by Crippen LogP contribution is -1.54. The minimum atomic E-state index is 1.50. The van der Waals surface area contributed by atoms with Crippen LogP contribution in [0.4, 0.5) is 0 Å². The number of allylic oxidation sites excluding steroid dienone is 26. The summed E-state index contributed by atoms with van der Waals surface area (Å²) >= 11 is 0. The summed E-state index contributed by atoms with van der Waals surface area (Å²) in [7, 11) is 0. The summed E-state index contributed by atoms with van der Waals surface area (Å²) in [6.07, 6.45) is 50.2. The van der Waals surface area contributed by atoms with Crippen molar-refractivity contribution in [3.63, 3.8) is 0 Å². The quantitative estimate of drug-likeness (QED) is 0.292. The van der Waals surface area contributed by atoms with Gasteiger partial charge in [-0.05, 0) is 0 Å². The van der Waals surface area contributed by atoms with Crippen LogP contribution in [0.25, 0.3) is 0 Å². The first-order valence-electron chi connectivity index (χ1n) is 9.07. The zero-order chi connectivity index (χ0) is 20.4. The highest BCUT2D eigenvalue weighted by atomic mass is 13.7. The van der Waals surface area contributed by atoms with Gasteiger partial charge in [0.15, 0.2) is 0 Å². The van der Waals surface area contributed by atoms with Gasteiger partial charge in [0.05, 0.1) is 0 Å². The van der Waals surface area contributed by atoms with Crippen molar-refractivity contribution in [3.05, 3.63) is 171 Å². The van der Waals surface area contributed by atoms with E-state index in [1.807, 2.05) is 140 Å². The van der Waals surface area contributed by atoms with Gasteiger partial charge < -0.3 is 0 Å². The van der Waals surface area contributed by atoms with Crippen LogP contribution in [0.3, 0.4) is 0 Å². The lowest BCUT2D eigenvalue weighted by atomic mass is 10.3. The second-order valence-corrected chi connectivity index (χ2v) is 5.05. The molecule has 28 heavy (non-hydrogen) atoms. The fourth-order valence-electron chi connectivity index (χ4n) is 1.55. The van der Waals surface area contributed by atoms with Gasteiger partial charge in [-0.15, -0.1) is 0 Å². The molecule has 0 unspecified atom stereocenters. The van der Waals surface area contributed by atoms with Crippen molar-refractivity contribution >= 4 is 0 Å². The van der Waals surface area contributed by atoms with Crippen molar-refractivity contribution in [1.29, 1.82) is 0 Å². The summed E-state index contributed by atoms with van der Waals surface area (Å²) < 4.78 is 0. The van der Waals surface area contributed by atoms with E-state index in [0.717, 1.165) is 0 Å². The van der Waals surface area contributed by atoms with Crippen LogP contribution >= 0.6 is 0 Å². The molecule has 0 rings (SSSR count). The molecule has 0 spiro atoms. The van der Waals surface area contributed by atoms with Crippen molar-refractivity contribution in [1.82, 2.24) is 0 Å². The Bertz CT molecular complexity index is 680. The lowest BCUT2D eigenvalue weighted by Gasteiger charge is -1.76. The summed E-state index contributed by atoms with van der Waals surface area (Å²) in [4.78, 5) is 0. The van der Waals surface area contributed by atoms with Crippen LogP contribution in [0.1, 0.15) is 0 Å². The molecule has 0 nitrogen and oxygen atoms in total. The molecule has 0 N–H and O–H groups in total. The third kappa shape index (κ3) is 22.4. The largest absolute Gasteiger partial charge is 0.0991 e. The van der Waals surface area contributed by atoms with Crippen LogP contribution in [-0.4, -0.2) is 0 Å². The predicted molar refractivity (Wildman–Crippen MR) is 129 cm³/mol. The molecule has 0 heteroatoms. The molecule has 0 bridgehead atoms. The first-order valence-corrected chi connectivity index (χ1v) is 9.07. The smallest absolute Gasteiger partial charge is 0.0623 e. The fraction of sp³-hybridized carbons (Fsp3) is 0. The molecule has 0 saturated carbocycles. The van der Waals surface area contributed by atoms with Crippen LogP contribution < -0.4 is 0 Å². The predicted octanol–water partition coefficient (Wildman–Crippen LogP) is 7.84. The monoisotopic (exact) mass is 365 g/mol. The maximum Gasteiger partial charge on any atom is -0.0623 e. The van der Waals surface area contributed by atoms with Crippen molar-refractivity contribution in [2.45, 2.75) is 0 Å². The van der Waals surface area contributed by atoms with Crippen LogP contribution in [0.2, 0.25) is 0 Å². The summed E-state index contributed by atoms with van der Waals surface area (Å²) in [5.41, 5.74) is 0. The molecule has 0 fully saturated rings. The van der Waals surface area contributed by atoms with E-state index in [0.29, 0.717) is 0 Å². The Morgan fingerprint density at radius 2 is 0.464 bits per heavy atom. The van der Waals surface area contributed by atoms with E-state index in [2.05, 4.69) is 6.58 Å². The molecule has 0 aliphatic rings. The van der Waals surface area contributed by atoms with Gasteiger partial charge in [0.2, 0.25) is 0 Å². The highest BCUT2D eigenvalue weighted by Gasteiger charge is 1.66. The lowest BCUT2D eigenvalue weighted by molar-refractivity contribution is 1.82. The Labute approximate surface area is 171 Å². The van der Waals surface area contributed by atoms with E-state index in [9.17, 15) is 0 Å². The minimum Gasteiger partial charge on any atom is -0.0991 e. The van der Waals surface area contributed by atoms with Gasteiger partial charge in [0, 0.05) is 0 Å². The van der Waals surface area contributed by atoms with Crippen LogP contribution in [-0.2, 0) is 0 Å². The standard InChI is InChI=1S/C28H29/c1-3-5-7-9-11-13-15-17-19-21-23-25-27-28-26-24-22-20-18-16-14-12-10-8-6-4-2/h1,3-28H,2H2. The van der Waals surface area contributed by atoms with E-state index in [4.69, 9.17) is 6.58 Å². The first kappa shape index (κ1) is 24.4. The normalized spacial score (nSPS) is 14.4. The van der Waals surface area contributed by atoms with Crippen molar-refractivity contribution in [2.24, 2.45) is 0 Å². The average molecular weight is 366 g/mol. The highest BCUT2D eigenvalue weighted by Crippen LogP contribution is 1.87. The summed E-state index contributed by atoms with van der Waals surface area (Å²) in [5, 5.41) is 0. The zero-order valence-electron chi connectivity index (χ0n) is 16.3. The van der Waals surface area contributed by atoms with Gasteiger partial charge in [0.1, 0.15) is 0 Å². The molecule has 0 aliphatic carbocycles. The van der Waals surface area contributed by atoms with E-state index in [1.165, 1.54) is 6.08 Å². The van der Waals surface area contributed by atoms with Crippen LogP contribution in [0, 0.1) is 6.58 Å². The van der Waals surface area contributed by atoms with Gasteiger partial charge >= 0.3 is 0 Å². The number of hydrogen-bond acceptors (Lipinski definition) is 0. The van der Waals surface area contributed by atoms with E-state index in [1.54, 1.807) is 12.2 Å². The molecular formula is C28H29. The summed E-state index contributed by atoms with van der Waals surface area (Å²) in [5.74, 6) is 0. The number of rotatable bonds is 13. The Morgan fingerprint density at radius 3 is 0.643 bits per heavy atom. The first-order chi connectivity index (χ1) is 13.9. The van der Waals surface area contributed by atoms with Gasteiger partial charge in [-0.2, -0.15) is 0 Å². The van der Waals surface area contributed by atoms with Crippen molar-refractivity contribution in [3.8, 4) is 0 Å². The second kappa shape index (κ2) is 23.4.